The molecule has 1 aliphatic heterocycles. The summed E-state index contributed by atoms with van der Waals surface area (Å²) in [5.74, 6) is 2.39. The van der Waals surface area contributed by atoms with Gasteiger partial charge in [0.2, 0.25) is 0 Å². The summed E-state index contributed by atoms with van der Waals surface area (Å²) in [6.45, 7) is 0. The molecule has 0 radical (unpaired) electrons. The molecule has 1 heterocycles. The van der Waals surface area contributed by atoms with Gasteiger partial charge in [-0.3, -0.25) is 0 Å². The highest BCUT2D eigenvalue weighted by Crippen LogP contribution is 2.36. The molecule has 0 amide bonds. The van der Waals surface area contributed by atoms with Gasteiger partial charge in [-0.05, 0) is 48.0 Å². The van der Waals surface area contributed by atoms with E-state index in [9.17, 15) is 4.79 Å². The number of methoxy groups -OCH3 is 4. The molecule has 0 aromatic heterocycles. The van der Waals surface area contributed by atoms with Crippen molar-refractivity contribution in [1.29, 1.82) is 0 Å². The van der Waals surface area contributed by atoms with E-state index in [1.165, 1.54) is 0 Å². The number of cyclic esters (lactones) is 1. The Morgan fingerprint density at radius 3 is 2.19 bits per heavy atom. The van der Waals surface area contributed by atoms with Gasteiger partial charge >= 0.3 is 5.97 Å². The average molecular weight is 368 g/mol. The maximum atomic E-state index is 12.3. The molecule has 3 rings (SSSR count). The van der Waals surface area contributed by atoms with E-state index in [1.807, 2.05) is 6.07 Å². The van der Waals surface area contributed by atoms with Crippen molar-refractivity contribution in [2.45, 2.75) is 0 Å². The van der Waals surface area contributed by atoms with Crippen molar-refractivity contribution in [1.82, 2.24) is 0 Å². The number of carbonyl (C=O) groups is 1. The average Bonchev–Trinajstić information content (AvgIpc) is 3.07. The molecule has 2 aromatic rings. The topological polar surface area (TPSA) is 63.2 Å². The van der Waals surface area contributed by atoms with Crippen molar-refractivity contribution >= 4 is 17.8 Å². The zero-order valence-corrected chi connectivity index (χ0v) is 15.6. The van der Waals surface area contributed by atoms with Crippen molar-refractivity contribution in [3.63, 3.8) is 0 Å². The van der Waals surface area contributed by atoms with Gasteiger partial charge in [0.25, 0.3) is 0 Å². The first-order valence-electron chi connectivity index (χ1n) is 8.19. The van der Waals surface area contributed by atoms with E-state index in [-0.39, 0.29) is 0 Å². The summed E-state index contributed by atoms with van der Waals surface area (Å²) in [7, 11) is 6.26. The molecule has 0 fully saturated rings. The first-order valence-corrected chi connectivity index (χ1v) is 8.19. The Bertz CT molecular complexity index is 926. The summed E-state index contributed by atoms with van der Waals surface area (Å²) >= 11 is 0. The fraction of sp³-hybridized carbons (Fsp3) is 0.190. The third-order valence-electron chi connectivity index (χ3n) is 4.13. The molecule has 0 aliphatic carbocycles. The van der Waals surface area contributed by atoms with Crippen LogP contribution in [0.4, 0.5) is 0 Å². The maximum absolute atomic E-state index is 12.3. The van der Waals surface area contributed by atoms with Crippen LogP contribution in [0.1, 0.15) is 11.1 Å². The summed E-state index contributed by atoms with van der Waals surface area (Å²) < 4.78 is 26.6. The van der Waals surface area contributed by atoms with Crippen LogP contribution in [0.15, 0.2) is 48.0 Å². The van der Waals surface area contributed by atoms with Gasteiger partial charge in [-0.2, -0.15) is 0 Å². The second-order valence-electron chi connectivity index (χ2n) is 5.68. The van der Waals surface area contributed by atoms with Crippen molar-refractivity contribution in [3.05, 3.63) is 59.2 Å². The summed E-state index contributed by atoms with van der Waals surface area (Å²) in [5, 5.41) is 0. The highest BCUT2D eigenvalue weighted by molar-refractivity contribution is 6.05. The minimum Gasteiger partial charge on any atom is -0.497 e. The Kier molecular flexibility index (Phi) is 5.35. The lowest BCUT2D eigenvalue weighted by Gasteiger charge is -2.10. The maximum Gasteiger partial charge on any atom is 0.343 e. The van der Waals surface area contributed by atoms with Crippen LogP contribution in [-0.4, -0.2) is 34.4 Å². The quantitative estimate of drug-likeness (QED) is 0.572. The van der Waals surface area contributed by atoms with E-state index in [4.69, 9.17) is 23.7 Å². The second-order valence-corrected chi connectivity index (χ2v) is 5.68. The second kappa shape index (κ2) is 7.86. The lowest BCUT2D eigenvalue weighted by molar-refractivity contribution is -0.130. The first-order chi connectivity index (χ1) is 13.1. The Morgan fingerprint density at radius 1 is 0.815 bits per heavy atom. The molecule has 1 aliphatic rings. The molecule has 6 nitrogen and oxygen atoms in total. The molecule has 2 aromatic carbocycles. The van der Waals surface area contributed by atoms with E-state index in [0.29, 0.717) is 39.9 Å². The third-order valence-corrected chi connectivity index (χ3v) is 4.13. The van der Waals surface area contributed by atoms with Crippen LogP contribution < -0.4 is 18.9 Å². The predicted molar refractivity (Wildman–Crippen MR) is 101 cm³/mol. The lowest BCUT2D eigenvalue weighted by Crippen LogP contribution is -1.99. The monoisotopic (exact) mass is 368 g/mol. The zero-order valence-electron chi connectivity index (χ0n) is 15.6. The summed E-state index contributed by atoms with van der Waals surface area (Å²) in [6, 6.07) is 10.7. The minimum absolute atomic E-state index is 0.405. The van der Waals surface area contributed by atoms with Crippen LogP contribution in [0.25, 0.3) is 11.8 Å². The number of carbonyl (C=O) groups excluding carboxylic acids is 1. The third kappa shape index (κ3) is 3.74. The number of hydrogen-bond donors (Lipinski definition) is 0. The molecule has 27 heavy (non-hydrogen) atoms. The Morgan fingerprint density at radius 2 is 1.52 bits per heavy atom. The number of benzene rings is 2. The Balaban J connectivity index is 1.98. The molecule has 0 N–H and O–H groups in total. The molecular weight excluding hydrogens is 348 g/mol. The van der Waals surface area contributed by atoms with Crippen LogP contribution in [-0.2, 0) is 9.53 Å². The van der Waals surface area contributed by atoms with E-state index in [2.05, 4.69) is 0 Å². The number of rotatable bonds is 6. The molecule has 0 unspecified atom stereocenters. The van der Waals surface area contributed by atoms with Crippen LogP contribution >= 0.6 is 0 Å². The number of ether oxygens (including phenoxy) is 5. The van der Waals surface area contributed by atoms with Crippen LogP contribution in [0.5, 0.6) is 23.0 Å². The molecule has 140 valence electrons. The van der Waals surface area contributed by atoms with Gasteiger partial charge in [0.05, 0.1) is 39.6 Å². The Hall–Kier alpha value is -3.41. The fourth-order valence-electron chi connectivity index (χ4n) is 2.75. The fourth-order valence-corrected chi connectivity index (χ4v) is 2.75. The van der Waals surface area contributed by atoms with Crippen LogP contribution in [0.3, 0.4) is 0 Å². The molecule has 0 saturated heterocycles. The van der Waals surface area contributed by atoms with Crippen LogP contribution in [0.2, 0.25) is 0 Å². The van der Waals surface area contributed by atoms with Gasteiger partial charge in [-0.25, -0.2) is 4.79 Å². The lowest BCUT2D eigenvalue weighted by atomic mass is 10.1. The predicted octanol–water partition coefficient (Wildman–Crippen LogP) is 3.70. The number of hydrogen-bond acceptors (Lipinski definition) is 6. The first kappa shape index (κ1) is 18.4. The number of esters is 1. The smallest absolute Gasteiger partial charge is 0.343 e. The molecular formula is C21H20O6. The highest BCUT2D eigenvalue weighted by atomic mass is 16.5. The van der Waals surface area contributed by atoms with E-state index in [0.717, 1.165) is 5.56 Å². The van der Waals surface area contributed by atoms with Gasteiger partial charge in [0.15, 0.2) is 11.5 Å². The standard InChI is InChI=1S/C21H20O6/c1-23-15-6-8-17(24-2)16(12-15)19-11-14(21(22)27-19)9-13-5-7-18(25-3)20(10-13)26-4/h5-12H,1-4H3. The largest absolute Gasteiger partial charge is 0.497 e. The van der Waals surface area contributed by atoms with E-state index < -0.39 is 5.97 Å². The zero-order chi connectivity index (χ0) is 19.4. The van der Waals surface area contributed by atoms with Crippen molar-refractivity contribution in [3.8, 4) is 23.0 Å². The van der Waals surface area contributed by atoms with Gasteiger partial charge < -0.3 is 23.7 Å². The summed E-state index contributed by atoms with van der Waals surface area (Å²) in [4.78, 5) is 12.3. The van der Waals surface area contributed by atoms with Crippen LogP contribution in [0, 0.1) is 0 Å². The summed E-state index contributed by atoms with van der Waals surface area (Å²) in [5.41, 5.74) is 1.85. The SMILES string of the molecule is COc1ccc(OC)c(C2=CC(=Cc3ccc(OC)c(OC)c3)C(=O)O2)c1. The minimum atomic E-state index is -0.440. The van der Waals surface area contributed by atoms with Crippen molar-refractivity contribution < 1.29 is 28.5 Å². The highest BCUT2D eigenvalue weighted by Gasteiger charge is 2.24. The van der Waals surface area contributed by atoms with Crippen molar-refractivity contribution in [2.75, 3.05) is 28.4 Å². The molecule has 0 atom stereocenters. The normalized spacial score (nSPS) is 14.6. The van der Waals surface area contributed by atoms with E-state index >= 15 is 0 Å². The van der Waals surface area contributed by atoms with E-state index in [1.54, 1.807) is 70.9 Å². The summed E-state index contributed by atoms with van der Waals surface area (Å²) in [6.07, 6.45) is 3.40. The van der Waals surface area contributed by atoms with Gasteiger partial charge in [-0.15, -0.1) is 0 Å². The van der Waals surface area contributed by atoms with Gasteiger partial charge in [-0.1, -0.05) is 6.07 Å². The molecule has 0 spiro atoms. The van der Waals surface area contributed by atoms with Crippen molar-refractivity contribution in [2.24, 2.45) is 0 Å². The molecule has 0 bridgehead atoms. The Labute approximate surface area is 157 Å². The molecule has 6 heteroatoms. The van der Waals surface area contributed by atoms with Gasteiger partial charge in [0, 0.05) is 0 Å². The van der Waals surface area contributed by atoms with Gasteiger partial charge in [0.1, 0.15) is 17.3 Å². The molecule has 0 saturated carbocycles.